The molecule has 1 heterocycles. The van der Waals surface area contributed by atoms with Gasteiger partial charge in [-0.15, -0.1) is 0 Å². The van der Waals surface area contributed by atoms with Gasteiger partial charge in [-0.05, 0) is 32.6 Å². The van der Waals surface area contributed by atoms with Crippen molar-refractivity contribution in [3.05, 3.63) is 24.6 Å². The van der Waals surface area contributed by atoms with Crippen LogP contribution in [0.15, 0.2) is 24.6 Å². The first-order chi connectivity index (χ1) is 13.6. The summed E-state index contributed by atoms with van der Waals surface area (Å²) in [5, 5.41) is 6.48. The van der Waals surface area contributed by atoms with Gasteiger partial charge in [-0.1, -0.05) is 64.0 Å². The number of nitrogens with zero attached hydrogens (tertiary/aromatic N) is 1. The summed E-state index contributed by atoms with van der Waals surface area (Å²) in [6.07, 6.45) is 25.5. The maximum atomic E-state index is 11.1. The van der Waals surface area contributed by atoms with E-state index in [9.17, 15) is 4.79 Å². The fraction of sp³-hybridized carbons (Fsp3) is 0.792. The van der Waals surface area contributed by atoms with Crippen LogP contribution in [-0.4, -0.2) is 36.2 Å². The number of carbonyl (C=O) groups is 1. The number of carbonyl (C=O) groups excluding carboxylic acids is 1. The fourth-order valence-electron chi connectivity index (χ4n) is 4.11. The Bertz CT molecular complexity index is 461. The lowest BCUT2D eigenvalue weighted by Crippen LogP contribution is -2.55. The van der Waals surface area contributed by atoms with Gasteiger partial charge in [-0.25, -0.2) is 0 Å². The highest BCUT2D eigenvalue weighted by atomic mass is 16.1. The monoisotopic (exact) mass is 392 g/mol. The van der Waals surface area contributed by atoms with Crippen LogP contribution in [0, 0.1) is 0 Å². The normalized spacial score (nSPS) is 21.3. The molecule has 0 radical (unpaired) electrons. The minimum Gasteiger partial charge on any atom is -0.351 e. The van der Waals surface area contributed by atoms with Crippen molar-refractivity contribution < 1.29 is 9.28 Å². The number of amides is 1. The van der Waals surface area contributed by atoms with Gasteiger partial charge in [0, 0.05) is 13.3 Å². The Labute approximate surface area is 174 Å². The van der Waals surface area contributed by atoms with Crippen LogP contribution in [0.2, 0.25) is 0 Å². The zero-order valence-corrected chi connectivity index (χ0v) is 18.8. The Morgan fingerprint density at radius 2 is 1.64 bits per heavy atom. The smallest absolute Gasteiger partial charge is 0.217 e. The second kappa shape index (κ2) is 15.6. The van der Waals surface area contributed by atoms with E-state index >= 15 is 0 Å². The molecule has 2 atom stereocenters. The van der Waals surface area contributed by atoms with E-state index in [-0.39, 0.29) is 5.91 Å². The molecule has 0 saturated heterocycles. The van der Waals surface area contributed by atoms with E-state index in [1.165, 1.54) is 77.0 Å². The molecule has 162 valence electrons. The quantitative estimate of drug-likeness (QED) is 0.192. The van der Waals surface area contributed by atoms with Crippen molar-refractivity contribution in [2.24, 2.45) is 0 Å². The van der Waals surface area contributed by atoms with Gasteiger partial charge in [0.1, 0.15) is 12.7 Å². The Balaban J connectivity index is 2.09. The van der Waals surface area contributed by atoms with Crippen molar-refractivity contribution in [1.29, 1.82) is 0 Å². The molecular formula is C24H46N3O+. The highest BCUT2D eigenvalue weighted by Crippen LogP contribution is 2.22. The first-order valence-corrected chi connectivity index (χ1v) is 11.8. The van der Waals surface area contributed by atoms with Crippen LogP contribution in [0.25, 0.3) is 0 Å². The molecule has 0 aromatic heterocycles. The second-order valence-electron chi connectivity index (χ2n) is 8.29. The van der Waals surface area contributed by atoms with Gasteiger partial charge >= 0.3 is 0 Å². The molecule has 1 amide bonds. The van der Waals surface area contributed by atoms with E-state index in [0.29, 0.717) is 6.17 Å². The molecule has 0 aromatic rings. The van der Waals surface area contributed by atoms with Crippen LogP contribution in [0.3, 0.4) is 0 Å². The summed E-state index contributed by atoms with van der Waals surface area (Å²) in [6.45, 7) is 8.86. The zero-order chi connectivity index (χ0) is 20.5. The lowest BCUT2D eigenvalue weighted by molar-refractivity contribution is -0.898. The summed E-state index contributed by atoms with van der Waals surface area (Å²) in [5.74, 6) is 0.0589. The van der Waals surface area contributed by atoms with E-state index in [0.717, 1.165) is 24.1 Å². The predicted octanol–water partition coefficient (Wildman–Crippen LogP) is 5.62. The highest BCUT2D eigenvalue weighted by Gasteiger charge is 2.35. The third-order valence-corrected chi connectivity index (χ3v) is 6.01. The van der Waals surface area contributed by atoms with Gasteiger partial charge in [0.2, 0.25) is 5.91 Å². The molecule has 0 aromatic carbocycles. The molecule has 1 aliphatic heterocycles. The SMILES string of the molecule is CCCCCCCCCC/C=C/CCCC1NC=C[N+]1(CC)CCNC(C)=O. The number of rotatable bonds is 17. The van der Waals surface area contributed by atoms with Crippen molar-refractivity contribution in [3.63, 3.8) is 0 Å². The zero-order valence-electron chi connectivity index (χ0n) is 18.8. The van der Waals surface area contributed by atoms with Gasteiger partial charge in [0.15, 0.2) is 6.17 Å². The average molecular weight is 393 g/mol. The number of allylic oxidation sites excluding steroid dienone is 2. The number of hydrogen-bond acceptors (Lipinski definition) is 2. The van der Waals surface area contributed by atoms with Gasteiger partial charge in [0.25, 0.3) is 0 Å². The standard InChI is InChI=1S/C24H45N3O/c1-4-6-7-8-9-10-11-12-13-14-15-16-17-18-24-26-20-22-27(24,5-2)21-19-25-23(3)28/h14-15,20,22,24,26H,4-13,16-19,21H2,1-3H3/p+1/b15-14+. The number of quaternary nitrogens is 1. The molecule has 1 aliphatic rings. The molecule has 4 heteroatoms. The van der Waals surface area contributed by atoms with Crippen LogP contribution in [0.1, 0.15) is 97.8 Å². The number of unbranched alkanes of at least 4 members (excludes halogenated alkanes) is 9. The van der Waals surface area contributed by atoms with Crippen LogP contribution in [-0.2, 0) is 4.79 Å². The Morgan fingerprint density at radius 3 is 2.29 bits per heavy atom. The van der Waals surface area contributed by atoms with E-state index in [4.69, 9.17) is 0 Å². The fourth-order valence-corrected chi connectivity index (χ4v) is 4.11. The van der Waals surface area contributed by atoms with Crippen molar-refractivity contribution in [3.8, 4) is 0 Å². The lowest BCUT2D eigenvalue weighted by atomic mass is 10.1. The maximum Gasteiger partial charge on any atom is 0.217 e. The number of hydrogen-bond donors (Lipinski definition) is 2. The number of likely N-dealkylation sites (N-methyl/N-ethyl adjacent to an activating group) is 1. The Morgan fingerprint density at radius 1 is 1.00 bits per heavy atom. The molecule has 0 spiro atoms. The van der Waals surface area contributed by atoms with Crippen molar-refractivity contribution in [2.75, 3.05) is 19.6 Å². The molecule has 1 rings (SSSR count). The van der Waals surface area contributed by atoms with Crippen LogP contribution < -0.4 is 10.6 Å². The van der Waals surface area contributed by atoms with E-state index in [1.54, 1.807) is 6.92 Å². The van der Waals surface area contributed by atoms with Gasteiger partial charge in [0.05, 0.1) is 19.3 Å². The molecule has 0 fully saturated rings. The van der Waals surface area contributed by atoms with Crippen molar-refractivity contribution in [1.82, 2.24) is 10.6 Å². The molecule has 2 N–H and O–H groups in total. The van der Waals surface area contributed by atoms with Gasteiger partial charge < -0.3 is 10.6 Å². The summed E-state index contributed by atoms with van der Waals surface area (Å²) < 4.78 is 0.933. The van der Waals surface area contributed by atoms with Gasteiger partial charge in [-0.2, -0.15) is 0 Å². The Kier molecular flexibility index (Phi) is 13.8. The first kappa shape index (κ1) is 24.7. The van der Waals surface area contributed by atoms with Crippen LogP contribution in [0.5, 0.6) is 0 Å². The highest BCUT2D eigenvalue weighted by molar-refractivity contribution is 5.72. The summed E-state index contributed by atoms with van der Waals surface area (Å²) in [4.78, 5) is 11.1. The third kappa shape index (κ3) is 10.3. The van der Waals surface area contributed by atoms with E-state index < -0.39 is 0 Å². The average Bonchev–Trinajstić information content (AvgIpc) is 3.08. The summed E-state index contributed by atoms with van der Waals surface area (Å²) in [7, 11) is 0. The van der Waals surface area contributed by atoms with Crippen LogP contribution >= 0.6 is 0 Å². The van der Waals surface area contributed by atoms with Crippen molar-refractivity contribution in [2.45, 2.75) is 104 Å². The molecule has 0 bridgehead atoms. The van der Waals surface area contributed by atoms with Crippen molar-refractivity contribution >= 4 is 5.91 Å². The minimum atomic E-state index is 0.0589. The molecular weight excluding hydrogens is 346 g/mol. The van der Waals surface area contributed by atoms with Gasteiger partial charge in [-0.3, -0.25) is 9.28 Å². The summed E-state index contributed by atoms with van der Waals surface area (Å²) in [6, 6.07) is 0. The predicted molar refractivity (Wildman–Crippen MR) is 121 cm³/mol. The molecule has 28 heavy (non-hydrogen) atoms. The van der Waals surface area contributed by atoms with E-state index in [1.807, 2.05) is 0 Å². The lowest BCUT2D eigenvalue weighted by Gasteiger charge is -2.37. The third-order valence-electron chi connectivity index (χ3n) is 6.01. The summed E-state index contributed by atoms with van der Waals surface area (Å²) in [5.41, 5.74) is 0. The second-order valence-corrected chi connectivity index (χ2v) is 8.29. The molecule has 0 saturated carbocycles. The van der Waals surface area contributed by atoms with Crippen LogP contribution in [0.4, 0.5) is 0 Å². The topological polar surface area (TPSA) is 41.1 Å². The van der Waals surface area contributed by atoms with E-state index in [2.05, 4.69) is 49.0 Å². The maximum absolute atomic E-state index is 11.1. The minimum absolute atomic E-state index is 0.0589. The first-order valence-electron chi connectivity index (χ1n) is 11.8. The molecule has 2 unspecified atom stereocenters. The largest absolute Gasteiger partial charge is 0.351 e. The number of nitrogens with one attached hydrogen (secondary N) is 2. The Hall–Kier alpha value is -1.29. The molecule has 0 aliphatic carbocycles. The molecule has 4 nitrogen and oxygen atoms in total. The summed E-state index contributed by atoms with van der Waals surface area (Å²) >= 11 is 0.